The predicted molar refractivity (Wildman–Crippen MR) is 88.4 cm³/mol. The number of aryl methyl sites for hydroxylation is 1. The van der Waals surface area contributed by atoms with Gasteiger partial charge in [-0.1, -0.05) is 70.9 Å². The van der Waals surface area contributed by atoms with E-state index in [1.54, 1.807) is 0 Å². The van der Waals surface area contributed by atoms with Gasteiger partial charge >= 0.3 is 0 Å². The van der Waals surface area contributed by atoms with Crippen molar-refractivity contribution in [1.29, 1.82) is 0 Å². The van der Waals surface area contributed by atoms with E-state index in [9.17, 15) is 5.11 Å². The SMILES string of the molecule is CCCCCCCCCc1c(O)cccc1CCCC. The first-order chi connectivity index (χ1) is 9.79. The molecule has 0 saturated heterocycles. The van der Waals surface area contributed by atoms with Crippen LogP contribution in [0.1, 0.15) is 82.8 Å². The highest BCUT2D eigenvalue weighted by atomic mass is 16.3. The van der Waals surface area contributed by atoms with E-state index >= 15 is 0 Å². The van der Waals surface area contributed by atoms with Crippen LogP contribution >= 0.6 is 0 Å². The number of rotatable bonds is 11. The zero-order chi connectivity index (χ0) is 14.6. The van der Waals surface area contributed by atoms with E-state index < -0.39 is 0 Å². The van der Waals surface area contributed by atoms with Crippen LogP contribution in [0.2, 0.25) is 0 Å². The van der Waals surface area contributed by atoms with Crippen molar-refractivity contribution in [1.82, 2.24) is 0 Å². The summed E-state index contributed by atoms with van der Waals surface area (Å²) in [5.74, 6) is 0.504. The van der Waals surface area contributed by atoms with Crippen molar-refractivity contribution < 1.29 is 5.11 Å². The lowest BCUT2D eigenvalue weighted by Gasteiger charge is -2.11. The summed E-state index contributed by atoms with van der Waals surface area (Å²) < 4.78 is 0. The summed E-state index contributed by atoms with van der Waals surface area (Å²) in [5.41, 5.74) is 2.56. The quantitative estimate of drug-likeness (QED) is 0.489. The highest BCUT2D eigenvalue weighted by molar-refractivity contribution is 5.39. The van der Waals surface area contributed by atoms with Gasteiger partial charge in [-0.05, 0) is 42.9 Å². The Morgan fingerprint density at radius 1 is 0.750 bits per heavy atom. The van der Waals surface area contributed by atoms with Gasteiger partial charge in [0.05, 0.1) is 0 Å². The van der Waals surface area contributed by atoms with E-state index in [-0.39, 0.29) is 0 Å². The average Bonchev–Trinajstić information content (AvgIpc) is 2.46. The Hall–Kier alpha value is -0.980. The number of phenols is 1. The molecular weight excluding hydrogens is 244 g/mol. The minimum atomic E-state index is 0.504. The molecule has 0 heterocycles. The maximum atomic E-state index is 10.1. The summed E-state index contributed by atoms with van der Waals surface area (Å²) in [5, 5.41) is 10.1. The molecule has 0 amide bonds. The number of unbranched alkanes of at least 4 members (excludes halogenated alkanes) is 7. The topological polar surface area (TPSA) is 20.2 Å². The van der Waals surface area contributed by atoms with E-state index in [1.807, 2.05) is 12.1 Å². The molecule has 114 valence electrons. The van der Waals surface area contributed by atoms with Gasteiger partial charge in [0, 0.05) is 0 Å². The van der Waals surface area contributed by atoms with Crippen LogP contribution in [0.5, 0.6) is 5.75 Å². The standard InChI is InChI=1S/C19H32O/c1-3-5-7-8-9-10-11-15-18-17(13-6-4-2)14-12-16-19(18)20/h12,14,16,20H,3-11,13,15H2,1-2H3. The molecule has 0 saturated carbocycles. The zero-order valence-corrected chi connectivity index (χ0v) is 13.5. The molecule has 0 aliphatic rings. The number of phenolic OH excluding ortho intramolecular Hbond substituents is 1. The third-order valence-corrected chi connectivity index (χ3v) is 4.08. The Balaban J connectivity index is 2.34. The van der Waals surface area contributed by atoms with E-state index in [2.05, 4.69) is 19.9 Å². The zero-order valence-electron chi connectivity index (χ0n) is 13.5. The molecule has 0 bridgehead atoms. The monoisotopic (exact) mass is 276 g/mol. The van der Waals surface area contributed by atoms with Crippen molar-refractivity contribution >= 4 is 0 Å². The molecule has 0 aliphatic heterocycles. The first kappa shape index (κ1) is 17.1. The van der Waals surface area contributed by atoms with Gasteiger partial charge in [0.25, 0.3) is 0 Å². The molecule has 0 radical (unpaired) electrons. The molecule has 0 fully saturated rings. The van der Waals surface area contributed by atoms with Crippen molar-refractivity contribution in [2.75, 3.05) is 0 Å². The van der Waals surface area contributed by atoms with Crippen molar-refractivity contribution in [2.45, 2.75) is 84.5 Å². The molecule has 0 unspecified atom stereocenters. The van der Waals surface area contributed by atoms with Crippen molar-refractivity contribution in [3.63, 3.8) is 0 Å². The molecule has 1 heteroatoms. The van der Waals surface area contributed by atoms with Crippen LogP contribution in [-0.2, 0) is 12.8 Å². The van der Waals surface area contributed by atoms with Gasteiger partial charge in [-0.25, -0.2) is 0 Å². The molecule has 0 atom stereocenters. The lowest BCUT2D eigenvalue weighted by Crippen LogP contribution is -1.96. The van der Waals surface area contributed by atoms with Crippen LogP contribution in [0.15, 0.2) is 18.2 Å². The number of hydrogen-bond acceptors (Lipinski definition) is 1. The Bertz CT molecular complexity index is 357. The first-order valence-corrected chi connectivity index (χ1v) is 8.59. The third kappa shape index (κ3) is 6.45. The van der Waals surface area contributed by atoms with Crippen LogP contribution in [0.25, 0.3) is 0 Å². The molecule has 0 aliphatic carbocycles. The van der Waals surface area contributed by atoms with Gasteiger partial charge in [0.2, 0.25) is 0 Å². The molecule has 1 aromatic carbocycles. The van der Waals surface area contributed by atoms with Gasteiger partial charge in [0.1, 0.15) is 5.75 Å². The summed E-state index contributed by atoms with van der Waals surface area (Å²) in [7, 11) is 0. The van der Waals surface area contributed by atoms with Crippen LogP contribution in [0.4, 0.5) is 0 Å². The molecule has 1 aromatic rings. The second-order valence-electron chi connectivity index (χ2n) is 5.89. The predicted octanol–water partition coefficient (Wildman–Crippen LogP) is 6.03. The van der Waals surface area contributed by atoms with Crippen LogP contribution in [-0.4, -0.2) is 5.11 Å². The second kappa shape index (κ2) is 10.8. The summed E-state index contributed by atoms with van der Waals surface area (Å²) in [6, 6.07) is 6.01. The Labute approximate surface area is 125 Å². The Morgan fingerprint density at radius 3 is 2.10 bits per heavy atom. The van der Waals surface area contributed by atoms with Crippen LogP contribution in [0.3, 0.4) is 0 Å². The highest BCUT2D eigenvalue weighted by Gasteiger charge is 2.07. The van der Waals surface area contributed by atoms with Crippen LogP contribution in [0, 0.1) is 0 Å². The van der Waals surface area contributed by atoms with Gasteiger partial charge in [0.15, 0.2) is 0 Å². The molecule has 1 nitrogen and oxygen atoms in total. The lowest BCUT2D eigenvalue weighted by molar-refractivity contribution is 0.464. The smallest absolute Gasteiger partial charge is 0.119 e. The minimum absolute atomic E-state index is 0.504. The van der Waals surface area contributed by atoms with Gasteiger partial charge in [-0.2, -0.15) is 0 Å². The van der Waals surface area contributed by atoms with Gasteiger partial charge in [-0.3, -0.25) is 0 Å². The fraction of sp³-hybridized carbons (Fsp3) is 0.684. The Kier molecular flexibility index (Phi) is 9.19. The lowest BCUT2D eigenvalue weighted by atomic mass is 9.96. The number of benzene rings is 1. The van der Waals surface area contributed by atoms with Crippen LogP contribution < -0.4 is 0 Å². The Morgan fingerprint density at radius 2 is 1.40 bits per heavy atom. The summed E-state index contributed by atoms with van der Waals surface area (Å²) in [6.45, 7) is 4.48. The van der Waals surface area contributed by atoms with Crippen molar-refractivity contribution in [3.8, 4) is 5.75 Å². The maximum Gasteiger partial charge on any atom is 0.119 e. The maximum absolute atomic E-state index is 10.1. The largest absolute Gasteiger partial charge is 0.508 e. The molecule has 1 N–H and O–H groups in total. The van der Waals surface area contributed by atoms with Crippen molar-refractivity contribution in [3.05, 3.63) is 29.3 Å². The summed E-state index contributed by atoms with van der Waals surface area (Å²) in [6.07, 6.45) is 13.9. The molecular formula is C19H32O. The van der Waals surface area contributed by atoms with Crippen molar-refractivity contribution in [2.24, 2.45) is 0 Å². The van der Waals surface area contributed by atoms with E-state index in [0.29, 0.717) is 5.75 Å². The number of aromatic hydroxyl groups is 1. The minimum Gasteiger partial charge on any atom is -0.508 e. The number of hydrogen-bond donors (Lipinski definition) is 1. The van der Waals surface area contributed by atoms with E-state index in [1.165, 1.54) is 68.9 Å². The molecule has 0 aromatic heterocycles. The second-order valence-corrected chi connectivity index (χ2v) is 5.89. The molecule has 0 spiro atoms. The molecule has 20 heavy (non-hydrogen) atoms. The third-order valence-electron chi connectivity index (χ3n) is 4.08. The average molecular weight is 276 g/mol. The van der Waals surface area contributed by atoms with E-state index in [0.717, 1.165) is 12.8 Å². The normalized spacial score (nSPS) is 10.9. The highest BCUT2D eigenvalue weighted by Crippen LogP contribution is 2.25. The molecule has 1 rings (SSSR count). The van der Waals surface area contributed by atoms with E-state index in [4.69, 9.17) is 0 Å². The fourth-order valence-corrected chi connectivity index (χ4v) is 2.77. The van der Waals surface area contributed by atoms with Gasteiger partial charge < -0.3 is 5.11 Å². The summed E-state index contributed by atoms with van der Waals surface area (Å²) >= 11 is 0. The summed E-state index contributed by atoms with van der Waals surface area (Å²) in [4.78, 5) is 0. The fourth-order valence-electron chi connectivity index (χ4n) is 2.77. The first-order valence-electron chi connectivity index (χ1n) is 8.59. The van der Waals surface area contributed by atoms with Gasteiger partial charge in [-0.15, -0.1) is 0 Å².